The number of rotatable bonds is 2. The zero-order chi connectivity index (χ0) is 9.14. The molecular weight excluding hydrogens is 148 g/mol. The van der Waals surface area contributed by atoms with Crippen LogP contribution in [0.1, 0.15) is 46.5 Å². The van der Waals surface area contributed by atoms with Crippen LogP contribution in [0.15, 0.2) is 0 Å². The van der Waals surface area contributed by atoms with Crippen molar-refractivity contribution in [3.8, 4) is 0 Å². The van der Waals surface area contributed by atoms with Gasteiger partial charge in [0.1, 0.15) is 0 Å². The van der Waals surface area contributed by atoms with Crippen molar-refractivity contribution in [2.75, 3.05) is 0 Å². The lowest BCUT2D eigenvalue weighted by atomic mass is 9.75. The molecule has 1 aliphatic carbocycles. The third-order valence-electron chi connectivity index (χ3n) is 3.48. The average Bonchev–Trinajstić information content (AvgIpc) is 2.03. The van der Waals surface area contributed by atoms with Crippen LogP contribution < -0.4 is 0 Å². The third-order valence-corrected chi connectivity index (χ3v) is 3.48. The van der Waals surface area contributed by atoms with E-state index in [9.17, 15) is 5.11 Å². The minimum absolute atomic E-state index is 0.125. The molecule has 1 aliphatic rings. The summed E-state index contributed by atoms with van der Waals surface area (Å²) in [6, 6.07) is 0. The molecule has 0 heterocycles. The van der Waals surface area contributed by atoms with E-state index in [1.807, 2.05) is 6.92 Å². The van der Waals surface area contributed by atoms with E-state index in [1.165, 1.54) is 25.7 Å². The van der Waals surface area contributed by atoms with E-state index >= 15 is 0 Å². The van der Waals surface area contributed by atoms with Crippen LogP contribution in [0.4, 0.5) is 0 Å². The van der Waals surface area contributed by atoms with E-state index in [1.54, 1.807) is 0 Å². The molecule has 0 aromatic carbocycles. The minimum atomic E-state index is -0.125. The highest BCUT2D eigenvalue weighted by molar-refractivity contribution is 4.76. The fourth-order valence-electron chi connectivity index (χ4n) is 2.35. The van der Waals surface area contributed by atoms with Gasteiger partial charge in [0.2, 0.25) is 0 Å². The van der Waals surface area contributed by atoms with Crippen molar-refractivity contribution >= 4 is 0 Å². The molecule has 1 heteroatoms. The Labute approximate surface area is 76.2 Å². The molecule has 0 aliphatic heterocycles. The average molecular weight is 170 g/mol. The van der Waals surface area contributed by atoms with Crippen molar-refractivity contribution in [2.24, 2.45) is 17.8 Å². The Balaban J connectivity index is 2.40. The fourth-order valence-corrected chi connectivity index (χ4v) is 2.35. The van der Waals surface area contributed by atoms with Gasteiger partial charge in [0.25, 0.3) is 0 Å². The lowest BCUT2D eigenvalue weighted by Gasteiger charge is -2.32. The molecule has 72 valence electrons. The Morgan fingerprint density at radius 3 is 2.42 bits per heavy atom. The van der Waals surface area contributed by atoms with E-state index in [2.05, 4.69) is 13.8 Å². The Kier molecular flexibility index (Phi) is 3.57. The van der Waals surface area contributed by atoms with Gasteiger partial charge in [-0.15, -0.1) is 0 Å². The van der Waals surface area contributed by atoms with Crippen molar-refractivity contribution < 1.29 is 5.11 Å². The highest BCUT2D eigenvalue weighted by Gasteiger charge is 2.26. The van der Waals surface area contributed by atoms with E-state index in [0.717, 1.165) is 11.8 Å². The summed E-state index contributed by atoms with van der Waals surface area (Å²) in [6.45, 7) is 6.44. The quantitative estimate of drug-likeness (QED) is 0.675. The Bertz CT molecular complexity index is 131. The van der Waals surface area contributed by atoms with E-state index in [4.69, 9.17) is 0 Å². The van der Waals surface area contributed by atoms with Crippen molar-refractivity contribution in [1.29, 1.82) is 0 Å². The van der Waals surface area contributed by atoms with Gasteiger partial charge in [-0.25, -0.2) is 0 Å². The summed E-state index contributed by atoms with van der Waals surface area (Å²) in [4.78, 5) is 0. The third kappa shape index (κ3) is 2.48. The molecule has 0 spiro atoms. The Morgan fingerprint density at radius 2 is 1.92 bits per heavy atom. The van der Waals surface area contributed by atoms with Crippen LogP contribution in [0.3, 0.4) is 0 Å². The summed E-state index contributed by atoms with van der Waals surface area (Å²) in [5, 5.41) is 9.46. The van der Waals surface area contributed by atoms with Crippen LogP contribution in [0.25, 0.3) is 0 Å². The molecule has 0 aromatic rings. The Morgan fingerprint density at radius 1 is 1.25 bits per heavy atom. The zero-order valence-corrected chi connectivity index (χ0v) is 8.59. The van der Waals surface area contributed by atoms with Crippen LogP contribution in [0, 0.1) is 17.8 Å². The lowest BCUT2D eigenvalue weighted by Crippen LogP contribution is -2.26. The normalized spacial score (nSPS) is 36.0. The van der Waals surface area contributed by atoms with E-state index in [0.29, 0.717) is 5.92 Å². The smallest absolute Gasteiger partial charge is 0.0540 e. The topological polar surface area (TPSA) is 20.2 Å². The molecular formula is C11H22O. The second-order valence-corrected chi connectivity index (χ2v) is 4.63. The first kappa shape index (κ1) is 10.0. The number of hydrogen-bond acceptors (Lipinski definition) is 1. The minimum Gasteiger partial charge on any atom is -0.393 e. The summed E-state index contributed by atoms with van der Waals surface area (Å²) >= 11 is 0. The number of aliphatic hydroxyl groups is 1. The monoisotopic (exact) mass is 170 g/mol. The van der Waals surface area contributed by atoms with Crippen LogP contribution in [0.2, 0.25) is 0 Å². The van der Waals surface area contributed by atoms with Gasteiger partial charge in [0, 0.05) is 0 Å². The van der Waals surface area contributed by atoms with Crippen molar-refractivity contribution in [3.05, 3.63) is 0 Å². The maximum absolute atomic E-state index is 9.46. The van der Waals surface area contributed by atoms with Crippen molar-refractivity contribution in [2.45, 2.75) is 52.6 Å². The molecule has 1 saturated carbocycles. The first-order valence-electron chi connectivity index (χ1n) is 5.29. The molecule has 4 unspecified atom stereocenters. The molecule has 12 heavy (non-hydrogen) atoms. The van der Waals surface area contributed by atoms with Gasteiger partial charge in [-0.1, -0.05) is 33.1 Å². The molecule has 0 aromatic heterocycles. The predicted octanol–water partition coefficient (Wildman–Crippen LogP) is 2.83. The van der Waals surface area contributed by atoms with Crippen LogP contribution in [0.5, 0.6) is 0 Å². The molecule has 0 saturated heterocycles. The van der Waals surface area contributed by atoms with Gasteiger partial charge in [-0.2, -0.15) is 0 Å². The molecule has 0 radical (unpaired) electrons. The van der Waals surface area contributed by atoms with Gasteiger partial charge >= 0.3 is 0 Å². The summed E-state index contributed by atoms with van der Waals surface area (Å²) in [7, 11) is 0. The second kappa shape index (κ2) is 4.27. The predicted molar refractivity (Wildman–Crippen MR) is 52.0 cm³/mol. The largest absolute Gasteiger partial charge is 0.393 e. The molecule has 0 amide bonds. The maximum atomic E-state index is 9.46. The summed E-state index contributed by atoms with van der Waals surface area (Å²) in [6.07, 6.45) is 5.29. The van der Waals surface area contributed by atoms with Gasteiger partial charge in [-0.3, -0.25) is 0 Å². The van der Waals surface area contributed by atoms with Gasteiger partial charge in [0.05, 0.1) is 6.10 Å². The number of hydrogen-bond donors (Lipinski definition) is 1. The van der Waals surface area contributed by atoms with Gasteiger partial charge < -0.3 is 5.11 Å². The van der Waals surface area contributed by atoms with Crippen molar-refractivity contribution in [1.82, 2.24) is 0 Å². The molecule has 0 bridgehead atoms. The second-order valence-electron chi connectivity index (χ2n) is 4.63. The summed E-state index contributed by atoms with van der Waals surface area (Å²) in [5.74, 6) is 2.14. The SMILES string of the molecule is CC1CCCC(C(C)C(C)O)C1. The fraction of sp³-hybridized carbons (Fsp3) is 1.00. The zero-order valence-electron chi connectivity index (χ0n) is 8.59. The van der Waals surface area contributed by atoms with E-state index < -0.39 is 0 Å². The Hall–Kier alpha value is -0.0400. The van der Waals surface area contributed by atoms with Crippen LogP contribution in [-0.2, 0) is 0 Å². The molecule has 1 N–H and O–H groups in total. The first-order chi connectivity index (χ1) is 5.61. The van der Waals surface area contributed by atoms with Crippen LogP contribution >= 0.6 is 0 Å². The molecule has 1 rings (SSSR count). The molecule has 4 atom stereocenters. The highest BCUT2D eigenvalue weighted by Crippen LogP contribution is 2.34. The maximum Gasteiger partial charge on any atom is 0.0540 e. The first-order valence-corrected chi connectivity index (χ1v) is 5.29. The standard InChI is InChI=1S/C11H22O/c1-8-5-4-6-11(7-8)9(2)10(3)12/h8-12H,4-7H2,1-3H3. The van der Waals surface area contributed by atoms with Crippen molar-refractivity contribution in [3.63, 3.8) is 0 Å². The van der Waals surface area contributed by atoms with Gasteiger partial charge in [-0.05, 0) is 31.1 Å². The molecule has 1 fully saturated rings. The summed E-state index contributed by atoms with van der Waals surface area (Å²) in [5.41, 5.74) is 0. The highest BCUT2D eigenvalue weighted by atomic mass is 16.3. The van der Waals surface area contributed by atoms with Crippen LogP contribution in [-0.4, -0.2) is 11.2 Å². The lowest BCUT2D eigenvalue weighted by molar-refractivity contribution is 0.0742. The van der Waals surface area contributed by atoms with E-state index in [-0.39, 0.29) is 6.10 Å². The number of aliphatic hydroxyl groups excluding tert-OH is 1. The van der Waals surface area contributed by atoms with Gasteiger partial charge in [0.15, 0.2) is 0 Å². The molecule has 1 nitrogen and oxygen atoms in total. The summed E-state index contributed by atoms with van der Waals surface area (Å²) < 4.78 is 0.